The number of aliphatic hydroxyl groups is 1. The third kappa shape index (κ3) is 6.80. The van der Waals surface area contributed by atoms with Crippen LogP contribution in [0.2, 0.25) is 0 Å². The number of hydroxylamine groups is 2. The summed E-state index contributed by atoms with van der Waals surface area (Å²) in [6.07, 6.45) is -1.53. The van der Waals surface area contributed by atoms with E-state index in [4.69, 9.17) is 30.7 Å². The fourth-order valence-corrected chi connectivity index (χ4v) is 5.66. The van der Waals surface area contributed by atoms with Crippen LogP contribution in [-0.2, 0) is 43.1 Å². The number of halogens is 1. The number of aromatic nitrogens is 1. The van der Waals surface area contributed by atoms with Crippen LogP contribution >= 0.6 is 22.9 Å². The highest BCUT2D eigenvalue weighted by molar-refractivity contribution is 7.14. The van der Waals surface area contributed by atoms with Crippen molar-refractivity contribution in [3.8, 4) is 0 Å². The Kier molecular flexibility index (Phi) is 10.1. The zero-order valence-corrected chi connectivity index (χ0v) is 26.3. The van der Waals surface area contributed by atoms with Gasteiger partial charge in [0.2, 0.25) is 5.91 Å². The molecule has 3 amide bonds. The lowest BCUT2D eigenvalue weighted by molar-refractivity contribution is -0.260. The first-order chi connectivity index (χ1) is 22.7. The van der Waals surface area contributed by atoms with Crippen LogP contribution in [0.25, 0.3) is 0 Å². The van der Waals surface area contributed by atoms with E-state index in [0.717, 1.165) is 11.3 Å². The van der Waals surface area contributed by atoms with E-state index in [9.17, 15) is 29.1 Å². The van der Waals surface area contributed by atoms with Gasteiger partial charge in [0, 0.05) is 11.8 Å². The summed E-state index contributed by atoms with van der Waals surface area (Å²) in [5, 5.41) is 21.0. The number of ether oxygens (including phenoxy) is 2. The smallest absolute Gasteiger partial charge is 0.376 e. The first-order valence-corrected chi connectivity index (χ1v) is 15.4. The highest BCUT2D eigenvalue weighted by atomic mass is 35.5. The number of anilines is 1. The second-order valence-corrected chi connectivity index (χ2v) is 11.4. The summed E-state index contributed by atoms with van der Waals surface area (Å²) < 4.78 is 11.4. The van der Waals surface area contributed by atoms with Crippen LogP contribution < -0.4 is 10.6 Å². The monoisotopic (exact) mass is 685 g/mol. The maximum atomic E-state index is 14.0. The predicted octanol–water partition coefficient (Wildman–Crippen LogP) is 1.66. The van der Waals surface area contributed by atoms with E-state index >= 15 is 0 Å². The van der Waals surface area contributed by atoms with Crippen LogP contribution in [0.3, 0.4) is 0 Å². The summed E-state index contributed by atoms with van der Waals surface area (Å²) in [7, 11) is 1.17. The van der Waals surface area contributed by atoms with E-state index in [1.807, 2.05) is 0 Å². The number of alkyl halides is 1. The van der Waals surface area contributed by atoms with E-state index in [2.05, 4.69) is 20.8 Å². The van der Waals surface area contributed by atoms with Crippen LogP contribution in [0.5, 0.6) is 0 Å². The number of nitrogens with zero attached hydrogens (tertiary/aromatic N) is 3. The van der Waals surface area contributed by atoms with E-state index < -0.39 is 66.0 Å². The Hall–Kier alpha value is -4.90. The molecular formula is C30H28ClN5O10S. The van der Waals surface area contributed by atoms with Gasteiger partial charge >= 0.3 is 17.7 Å². The maximum Gasteiger partial charge on any atom is 0.376 e. The molecule has 15 nitrogen and oxygen atoms in total. The number of hydrogen-bond donors (Lipinski definition) is 3. The summed E-state index contributed by atoms with van der Waals surface area (Å²) in [6.45, 7) is -1.64. The van der Waals surface area contributed by atoms with Gasteiger partial charge in [0.1, 0.15) is 25.3 Å². The van der Waals surface area contributed by atoms with Gasteiger partial charge in [0.15, 0.2) is 22.5 Å². The third-order valence-corrected chi connectivity index (χ3v) is 8.20. The minimum atomic E-state index is -2.37. The Labute approximate surface area is 276 Å². The summed E-state index contributed by atoms with van der Waals surface area (Å²) >= 11 is 6.48. The standard InChI is InChI=1S/C30H28ClN5O10S/c1-43-35-23(20-15-47-28(32-20)33-21(38)14-31)25(40)34-29(16-37)17-44-36(26(29)41)30(13-12-22(39)46-30)27(42)45-24(18-8-4-2-5-9-18)19-10-6-3-7-11-19/h2-11,15,24,37H,12-14,16-17H2,1H3,(H,34,40)(H,32,33,38)/b35-23-. The lowest BCUT2D eigenvalue weighted by Gasteiger charge is -2.34. The molecule has 2 aliphatic heterocycles. The van der Waals surface area contributed by atoms with Crippen LogP contribution in [0.1, 0.15) is 35.8 Å². The molecule has 0 bridgehead atoms. The van der Waals surface area contributed by atoms with Gasteiger partial charge in [0.05, 0.1) is 13.0 Å². The Morgan fingerprint density at radius 3 is 2.34 bits per heavy atom. The van der Waals surface area contributed by atoms with Gasteiger partial charge in [-0.15, -0.1) is 22.9 Å². The summed E-state index contributed by atoms with van der Waals surface area (Å²) in [4.78, 5) is 80.1. The van der Waals surface area contributed by atoms with Crippen molar-refractivity contribution < 1.29 is 48.2 Å². The highest BCUT2D eigenvalue weighted by Gasteiger charge is 2.64. The minimum absolute atomic E-state index is 0.0341. The zero-order valence-electron chi connectivity index (χ0n) is 24.7. The summed E-state index contributed by atoms with van der Waals surface area (Å²) in [5.74, 6) is -4.88. The van der Waals surface area contributed by atoms with Gasteiger partial charge in [0.25, 0.3) is 11.8 Å². The molecule has 2 atom stereocenters. The van der Waals surface area contributed by atoms with Crippen LogP contribution in [0.4, 0.5) is 5.13 Å². The number of benzene rings is 2. The number of oxime groups is 1. The van der Waals surface area contributed by atoms with Crippen LogP contribution in [-0.4, -0.2) is 88.0 Å². The molecular weight excluding hydrogens is 658 g/mol. The largest absolute Gasteiger partial charge is 0.448 e. The molecule has 0 aliphatic carbocycles. The van der Waals surface area contributed by atoms with Gasteiger partial charge in [-0.3, -0.25) is 24.0 Å². The normalized spacial score (nSPS) is 21.0. The van der Waals surface area contributed by atoms with E-state index in [-0.39, 0.29) is 29.5 Å². The molecule has 17 heteroatoms. The van der Waals surface area contributed by atoms with Crippen molar-refractivity contribution in [1.29, 1.82) is 0 Å². The molecule has 3 aromatic rings. The number of carbonyl (C=O) groups excluding carboxylic acids is 5. The number of thiazole rings is 1. The summed E-state index contributed by atoms with van der Waals surface area (Å²) in [6, 6.07) is 17.6. The van der Waals surface area contributed by atoms with Gasteiger partial charge in [-0.05, 0) is 11.1 Å². The van der Waals surface area contributed by atoms with Gasteiger partial charge in [-0.25, -0.2) is 9.78 Å². The Morgan fingerprint density at radius 1 is 1.13 bits per heavy atom. The van der Waals surface area contributed by atoms with Gasteiger partial charge in [-0.2, -0.15) is 5.06 Å². The second kappa shape index (κ2) is 14.3. The Balaban J connectivity index is 1.41. The van der Waals surface area contributed by atoms with Gasteiger partial charge in [-0.1, -0.05) is 65.8 Å². The zero-order chi connectivity index (χ0) is 33.6. The van der Waals surface area contributed by atoms with Crippen molar-refractivity contribution in [2.75, 3.05) is 31.5 Å². The first kappa shape index (κ1) is 33.5. The topological polar surface area (TPSA) is 195 Å². The first-order valence-electron chi connectivity index (χ1n) is 14.0. The van der Waals surface area contributed by atoms with Crippen molar-refractivity contribution in [2.24, 2.45) is 5.16 Å². The van der Waals surface area contributed by atoms with E-state index in [1.54, 1.807) is 60.7 Å². The second-order valence-electron chi connectivity index (χ2n) is 10.3. The molecule has 2 fully saturated rings. The number of amides is 3. The fraction of sp³-hybridized carbons (Fsp3) is 0.300. The average Bonchev–Trinajstić information content (AvgIpc) is 3.81. The number of esters is 2. The molecule has 2 aliphatic rings. The van der Waals surface area contributed by atoms with Crippen molar-refractivity contribution >= 4 is 63.4 Å². The summed E-state index contributed by atoms with van der Waals surface area (Å²) in [5.41, 5.74) is -3.76. The van der Waals surface area contributed by atoms with Crippen molar-refractivity contribution in [1.82, 2.24) is 15.4 Å². The third-order valence-electron chi connectivity index (χ3n) is 7.20. The number of cyclic esters (lactones) is 1. The lowest BCUT2D eigenvalue weighted by atomic mass is 9.99. The molecule has 3 N–H and O–H groups in total. The van der Waals surface area contributed by atoms with Crippen molar-refractivity contribution in [3.05, 3.63) is 82.9 Å². The van der Waals surface area contributed by atoms with E-state index in [1.165, 1.54) is 12.5 Å². The molecule has 5 rings (SSSR count). The van der Waals surface area contributed by atoms with Crippen molar-refractivity contribution in [3.63, 3.8) is 0 Å². The SMILES string of the molecule is CO/N=C(\C(=O)NC1(CO)CON(C2(C(=O)OC(c3ccccc3)c3ccccc3)CCC(=O)O2)C1=O)c1csc(NC(=O)CCl)n1. The molecule has 2 aromatic carbocycles. The number of rotatable bonds is 12. The molecule has 0 saturated carbocycles. The molecule has 2 saturated heterocycles. The van der Waals surface area contributed by atoms with Gasteiger partial charge < -0.3 is 30.1 Å². The molecule has 1 aromatic heterocycles. The maximum absolute atomic E-state index is 14.0. The molecule has 2 unspecified atom stereocenters. The van der Waals surface area contributed by atoms with Crippen LogP contribution in [0, 0.1) is 0 Å². The minimum Gasteiger partial charge on any atom is -0.448 e. The van der Waals surface area contributed by atoms with E-state index in [0.29, 0.717) is 16.2 Å². The Morgan fingerprint density at radius 2 is 1.79 bits per heavy atom. The van der Waals surface area contributed by atoms with Crippen molar-refractivity contribution in [2.45, 2.75) is 30.2 Å². The molecule has 47 heavy (non-hydrogen) atoms. The number of nitrogens with one attached hydrogen (secondary N) is 2. The van der Waals surface area contributed by atoms with Crippen LogP contribution in [0.15, 0.2) is 71.2 Å². The average molecular weight is 686 g/mol. The predicted molar refractivity (Wildman–Crippen MR) is 165 cm³/mol. The molecule has 3 heterocycles. The number of carbonyl (C=O) groups is 5. The number of aliphatic hydroxyl groups excluding tert-OH is 1. The quantitative estimate of drug-likeness (QED) is 0.109. The molecule has 0 spiro atoms. The lowest BCUT2D eigenvalue weighted by Crippen LogP contribution is -2.63. The molecule has 0 radical (unpaired) electrons. The fourth-order valence-electron chi connectivity index (χ4n) is 4.88. The Bertz CT molecular complexity index is 1650. The number of hydrogen-bond acceptors (Lipinski definition) is 13. The highest BCUT2D eigenvalue weighted by Crippen LogP contribution is 2.39. The molecule has 246 valence electrons.